The van der Waals surface area contributed by atoms with E-state index in [-0.39, 0.29) is 5.41 Å². The molecule has 0 spiro atoms. The molecule has 1 aromatic carbocycles. The van der Waals surface area contributed by atoms with Crippen molar-refractivity contribution in [3.63, 3.8) is 0 Å². The standard InChI is InChI=1S/C31H45N3O2/c1-31(2,3)26-13-11-22(12-14-26)29(35)30(36)32-15-5-7-16-33-18-8-9-23-19-24-20-25(28(23)33)21-34-17-6-4-10-27(24)34/h11-14,19,24-25,27-28H,4-10,15-18,20-21H2,1-3H3,(H,32,36)/t24-,25+,27+,28+/m0/s1. The minimum Gasteiger partial charge on any atom is -0.349 e. The highest BCUT2D eigenvalue weighted by atomic mass is 16.2. The maximum Gasteiger partial charge on any atom is 0.292 e. The first-order valence-corrected chi connectivity index (χ1v) is 14.4. The molecule has 2 bridgehead atoms. The monoisotopic (exact) mass is 491 g/mol. The average molecular weight is 492 g/mol. The van der Waals surface area contributed by atoms with Crippen LogP contribution < -0.4 is 5.32 Å². The van der Waals surface area contributed by atoms with Crippen LogP contribution in [0.4, 0.5) is 0 Å². The molecule has 0 aromatic heterocycles. The van der Waals surface area contributed by atoms with Crippen molar-refractivity contribution in [2.24, 2.45) is 11.8 Å². The van der Waals surface area contributed by atoms with E-state index in [4.69, 9.17) is 0 Å². The molecular weight excluding hydrogens is 446 g/mol. The van der Waals surface area contributed by atoms with E-state index in [1.165, 1.54) is 58.2 Å². The Labute approximate surface area is 217 Å². The summed E-state index contributed by atoms with van der Waals surface area (Å²) in [6.45, 7) is 11.9. The second kappa shape index (κ2) is 10.8. The molecule has 0 unspecified atom stereocenters. The van der Waals surface area contributed by atoms with Crippen LogP contribution in [-0.2, 0) is 10.2 Å². The number of piperidine rings is 3. The molecule has 4 aliphatic rings. The van der Waals surface area contributed by atoms with E-state index in [2.05, 4.69) is 42.0 Å². The first-order chi connectivity index (χ1) is 17.3. The van der Waals surface area contributed by atoms with E-state index in [0.29, 0.717) is 18.2 Å². The molecule has 1 aliphatic carbocycles. The summed E-state index contributed by atoms with van der Waals surface area (Å²) < 4.78 is 0. The molecule has 3 heterocycles. The van der Waals surface area contributed by atoms with E-state index in [1.807, 2.05) is 12.1 Å². The van der Waals surface area contributed by atoms with Gasteiger partial charge in [-0.2, -0.15) is 0 Å². The highest BCUT2D eigenvalue weighted by Crippen LogP contribution is 2.45. The van der Waals surface area contributed by atoms with Gasteiger partial charge in [-0.25, -0.2) is 0 Å². The Bertz CT molecular complexity index is 977. The Morgan fingerprint density at radius 3 is 2.61 bits per heavy atom. The predicted octanol–water partition coefficient (Wildman–Crippen LogP) is 4.96. The molecule has 5 nitrogen and oxygen atoms in total. The Morgan fingerprint density at radius 1 is 1.03 bits per heavy atom. The fraction of sp³-hybridized carbons (Fsp3) is 0.677. The van der Waals surface area contributed by atoms with E-state index >= 15 is 0 Å². The lowest BCUT2D eigenvalue weighted by Crippen LogP contribution is -2.59. The third-order valence-electron chi connectivity index (χ3n) is 9.14. The Hall–Kier alpha value is -1.98. The number of amides is 1. The van der Waals surface area contributed by atoms with Gasteiger partial charge in [0.05, 0.1) is 0 Å². The third kappa shape index (κ3) is 5.47. The lowest BCUT2D eigenvalue weighted by molar-refractivity contribution is -0.117. The van der Waals surface area contributed by atoms with Crippen LogP contribution >= 0.6 is 0 Å². The van der Waals surface area contributed by atoms with Crippen molar-refractivity contribution in [2.75, 3.05) is 32.7 Å². The number of carbonyl (C=O) groups is 2. The Morgan fingerprint density at radius 2 is 1.83 bits per heavy atom. The summed E-state index contributed by atoms with van der Waals surface area (Å²) in [4.78, 5) is 30.5. The molecule has 3 aliphatic heterocycles. The van der Waals surface area contributed by atoms with Crippen LogP contribution in [0.15, 0.2) is 35.9 Å². The number of hydrogen-bond donors (Lipinski definition) is 1. The number of unbranched alkanes of at least 4 members (excludes halogenated alkanes) is 1. The Balaban J connectivity index is 1.09. The largest absolute Gasteiger partial charge is 0.349 e. The van der Waals surface area contributed by atoms with Gasteiger partial charge in [0.2, 0.25) is 5.78 Å². The molecule has 3 fully saturated rings. The third-order valence-corrected chi connectivity index (χ3v) is 9.14. The van der Waals surface area contributed by atoms with Crippen molar-refractivity contribution in [2.45, 2.75) is 89.6 Å². The van der Waals surface area contributed by atoms with Gasteiger partial charge in [-0.15, -0.1) is 0 Å². The SMILES string of the molecule is CC(C)(C)c1ccc(C(=O)C(=O)NCCCCN2CCCC3=C[C@H]4C[C@H](CN5CCCC[C@H]45)[C@@H]32)cc1. The van der Waals surface area contributed by atoms with Crippen LogP contribution in [0.3, 0.4) is 0 Å². The zero-order valence-electron chi connectivity index (χ0n) is 22.6. The molecule has 4 atom stereocenters. The summed E-state index contributed by atoms with van der Waals surface area (Å²) in [5, 5.41) is 2.86. The van der Waals surface area contributed by atoms with Crippen molar-refractivity contribution in [3.05, 3.63) is 47.0 Å². The first kappa shape index (κ1) is 25.7. The number of nitrogens with zero attached hydrogens (tertiary/aromatic N) is 2. The summed E-state index contributed by atoms with van der Waals surface area (Å²) in [5.41, 5.74) is 3.38. The zero-order chi connectivity index (χ0) is 25.3. The van der Waals surface area contributed by atoms with Crippen molar-refractivity contribution >= 4 is 11.7 Å². The number of Topliss-reactive ketones (excluding diaryl/α,β-unsaturated/α-hetero) is 1. The van der Waals surface area contributed by atoms with E-state index in [0.717, 1.165) is 42.8 Å². The van der Waals surface area contributed by atoms with Crippen LogP contribution in [-0.4, -0.2) is 66.3 Å². The molecule has 1 aromatic rings. The fourth-order valence-electron chi connectivity index (χ4n) is 7.31. The van der Waals surface area contributed by atoms with Gasteiger partial charge >= 0.3 is 0 Å². The number of rotatable bonds is 7. The minimum atomic E-state index is -0.488. The van der Waals surface area contributed by atoms with Gasteiger partial charge < -0.3 is 5.32 Å². The quantitative estimate of drug-likeness (QED) is 0.254. The average Bonchev–Trinajstić information content (AvgIpc) is 2.87. The van der Waals surface area contributed by atoms with Crippen molar-refractivity contribution < 1.29 is 9.59 Å². The topological polar surface area (TPSA) is 52.7 Å². The van der Waals surface area contributed by atoms with Crippen LogP contribution in [0.1, 0.15) is 88.1 Å². The van der Waals surface area contributed by atoms with Gasteiger partial charge in [-0.3, -0.25) is 19.4 Å². The molecule has 0 radical (unpaired) electrons. The maximum atomic E-state index is 12.5. The summed E-state index contributed by atoms with van der Waals surface area (Å²) in [5.74, 6) is 0.643. The van der Waals surface area contributed by atoms with Gasteiger partial charge in [0, 0.05) is 30.7 Å². The van der Waals surface area contributed by atoms with Gasteiger partial charge in [0.15, 0.2) is 0 Å². The summed E-state index contributed by atoms with van der Waals surface area (Å²) in [6, 6.07) is 8.89. The Kier molecular flexibility index (Phi) is 7.69. The van der Waals surface area contributed by atoms with Gasteiger partial charge in [0.1, 0.15) is 0 Å². The zero-order valence-corrected chi connectivity index (χ0v) is 22.6. The second-order valence-corrected chi connectivity index (χ2v) is 12.7. The molecular formula is C31H45N3O2. The second-order valence-electron chi connectivity index (χ2n) is 12.7. The van der Waals surface area contributed by atoms with Gasteiger partial charge in [-0.05, 0) is 87.4 Å². The number of fused-ring (bicyclic) bond motifs is 6. The summed E-state index contributed by atoms with van der Waals surface area (Å²) in [7, 11) is 0. The molecule has 1 amide bonds. The van der Waals surface area contributed by atoms with E-state index in [1.54, 1.807) is 17.7 Å². The van der Waals surface area contributed by atoms with Crippen molar-refractivity contribution in [1.82, 2.24) is 15.1 Å². The van der Waals surface area contributed by atoms with E-state index in [9.17, 15) is 9.59 Å². The minimum absolute atomic E-state index is 0.0288. The van der Waals surface area contributed by atoms with Crippen LogP contribution in [0.25, 0.3) is 0 Å². The number of benzene rings is 1. The molecule has 0 saturated carbocycles. The molecule has 3 saturated heterocycles. The fourth-order valence-corrected chi connectivity index (χ4v) is 7.31. The van der Waals surface area contributed by atoms with Crippen LogP contribution in [0, 0.1) is 11.8 Å². The number of ketones is 1. The normalized spacial score (nSPS) is 28.6. The smallest absolute Gasteiger partial charge is 0.292 e. The molecule has 36 heavy (non-hydrogen) atoms. The molecule has 5 heteroatoms. The summed E-state index contributed by atoms with van der Waals surface area (Å²) in [6.07, 6.45) is 12.8. The molecule has 5 rings (SSSR count). The van der Waals surface area contributed by atoms with Crippen molar-refractivity contribution in [1.29, 1.82) is 0 Å². The summed E-state index contributed by atoms with van der Waals surface area (Å²) >= 11 is 0. The number of nitrogens with one attached hydrogen (secondary N) is 1. The van der Waals surface area contributed by atoms with Gasteiger partial charge in [0.25, 0.3) is 5.91 Å². The highest BCUT2D eigenvalue weighted by Gasteiger charge is 2.45. The molecule has 1 N–H and O–H groups in total. The van der Waals surface area contributed by atoms with Crippen LogP contribution in [0.2, 0.25) is 0 Å². The number of likely N-dealkylation sites (tertiary alicyclic amines) is 1. The number of hydrogen-bond acceptors (Lipinski definition) is 4. The molecule has 196 valence electrons. The maximum absolute atomic E-state index is 12.5. The lowest BCUT2D eigenvalue weighted by atomic mass is 9.68. The van der Waals surface area contributed by atoms with E-state index < -0.39 is 11.7 Å². The van der Waals surface area contributed by atoms with Crippen LogP contribution in [0.5, 0.6) is 0 Å². The van der Waals surface area contributed by atoms with Gasteiger partial charge in [-0.1, -0.05) is 63.1 Å². The number of carbonyl (C=O) groups excluding carboxylic acids is 2. The lowest BCUT2D eigenvalue weighted by Gasteiger charge is -2.55. The first-order valence-electron chi connectivity index (χ1n) is 14.4. The predicted molar refractivity (Wildman–Crippen MR) is 145 cm³/mol. The highest BCUT2D eigenvalue weighted by molar-refractivity contribution is 6.42. The van der Waals surface area contributed by atoms with Crippen molar-refractivity contribution in [3.8, 4) is 0 Å².